The summed E-state index contributed by atoms with van der Waals surface area (Å²) in [6.07, 6.45) is 2.49. The molecule has 0 saturated heterocycles. The van der Waals surface area contributed by atoms with Gasteiger partial charge >= 0.3 is 0 Å². The molecule has 2 aromatic rings. The summed E-state index contributed by atoms with van der Waals surface area (Å²) in [5, 5.41) is 3.15. The highest BCUT2D eigenvalue weighted by Gasteiger charge is 2.17. The Hall–Kier alpha value is -2.42. The van der Waals surface area contributed by atoms with Crippen LogP contribution in [-0.2, 0) is 6.42 Å². The number of hydrogen-bond acceptors (Lipinski definition) is 3. The van der Waals surface area contributed by atoms with Gasteiger partial charge in [-0.15, -0.1) is 0 Å². The maximum absolute atomic E-state index is 12.0. The summed E-state index contributed by atoms with van der Waals surface area (Å²) in [6.45, 7) is 0.261. The number of Topliss-reactive ketones (excluding diaryl/α,β-unsaturated/α-hetero) is 2. The van der Waals surface area contributed by atoms with E-state index in [9.17, 15) is 9.59 Å². The fraction of sp³-hybridized carbons (Fsp3) is 0.222. The molecule has 106 valence electrons. The molecule has 0 unspecified atom stereocenters. The van der Waals surface area contributed by atoms with Gasteiger partial charge in [-0.05, 0) is 36.6 Å². The molecule has 3 rings (SSSR count). The van der Waals surface area contributed by atoms with Crippen LogP contribution in [0.15, 0.2) is 48.5 Å². The number of nitrogens with one attached hydrogen (secondary N) is 1. The van der Waals surface area contributed by atoms with Crippen molar-refractivity contribution in [1.82, 2.24) is 0 Å². The molecular weight excluding hydrogens is 262 g/mol. The van der Waals surface area contributed by atoms with Crippen molar-refractivity contribution in [3.05, 3.63) is 65.2 Å². The van der Waals surface area contributed by atoms with Gasteiger partial charge in [0, 0.05) is 23.2 Å². The van der Waals surface area contributed by atoms with Crippen LogP contribution in [-0.4, -0.2) is 18.1 Å². The third-order valence-electron chi connectivity index (χ3n) is 3.80. The van der Waals surface area contributed by atoms with Crippen molar-refractivity contribution in [2.75, 3.05) is 11.9 Å². The molecule has 1 aliphatic carbocycles. The maximum Gasteiger partial charge on any atom is 0.181 e. The second-order valence-corrected chi connectivity index (χ2v) is 5.29. The topological polar surface area (TPSA) is 46.2 Å². The van der Waals surface area contributed by atoms with Gasteiger partial charge in [0.05, 0.1) is 6.54 Å². The molecular formula is C18H17NO2. The molecule has 0 aromatic heterocycles. The van der Waals surface area contributed by atoms with Crippen molar-refractivity contribution < 1.29 is 9.59 Å². The summed E-state index contributed by atoms with van der Waals surface area (Å²) >= 11 is 0. The molecule has 0 atom stereocenters. The molecule has 21 heavy (non-hydrogen) atoms. The van der Waals surface area contributed by atoms with Crippen LogP contribution in [0.5, 0.6) is 0 Å². The van der Waals surface area contributed by atoms with Crippen LogP contribution in [0.4, 0.5) is 5.69 Å². The number of rotatable bonds is 4. The first-order chi connectivity index (χ1) is 10.2. The average Bonchev–Trinajstić information content (AvgIpc) is 2.53. The number of fused-ring (bicyclic) bond motifs is 1. The zero-order chi connectivity index (χ0) is 14.7. The Morgan fingerprint density at radius 2 is 1.86 bits per heavy atom. The number of hydrogen-bond donors (Lipinski definition) is 1. The summed E-state index contributed by atoms with van der Waals surface area (Å²) in [7, 11) is 0. The molecule has 0 radical (unpaired) electrons. The molecule has 3 nitrogen and oxygen atoms in total. The Balaban J connectivity index is 1.69. The van der Waals surface area contributed by atoms with Crippen LogP contribution in [0.3, 0.4) is 0 Å². The molecule has 0 fully saturated rings. The fourth-order valence-corrected chi connectivity index (χ4v) is 2.67. The van der Waals surface area contributed by atoms with Crippen LogP contribution in [0.1, 0.15) is 39.1 Å². The standard InChI is InChI=1S/C18H17NO2/c20-17-8-4-7-14-11-15(9-10-16(14)17)19-12-18(21)13-5-2-1-3-6-13/h1-3,5-6,9-11,19H,4,7-8,12H2. The molecule has 0 bridgehead atoms. The Morgan fingerprint density at radius 1 is 1.05 bits per heavy atom. The zero-order valence-electron chi connectivity index (χ0n) is 11.8. The first kappa shape index (κ1) is 13.6. The summed E-state index contributed by atoms with van der Waals surface area (Å²) in [4.78, 5) is 23.8. The largest absolute Gasteiger partial charge is 0.378 e. The van der Waals surface area contributed by atoms with E-state index in [-0.39, 0.29) is 18.1 Å². The monoisotopic (exact) mass is 279 g/mol. The quantitative estimate of drug-likeness (QED) is 0.871. The second kappa shape index (κ2) is 5.92. The Bertz CT molecular complexity index is 677. The van der Waals surface area contributed by atoms with Crippen molar-refractivity contribution in [2.45, 2.75) is 19.3 Å². The van der Waals surface area contributed by atoms with Gasteiger partial charge < -0.3 is 5.32 Å². The lowest BCUT2D eigenvalue weighted by molar-refractivity contribution is 0.0970. The van der Waals surface area contributed by atoms with E-state index in [0.29, 0.717) is 12.0 Å². The van der Waals surface area contributed by atoms with E-state index >= 15 is 0 Å². The highest BCUT2D eigenvalue weighted by Crippen LogP contribution is 2.24. The number of anilines is 1. The Kier molecular flexibility index (Phi) is 3.82. The van der Waals surface area contributed by atoms with E-state index in [4.69, 9.17) is 0 Å². The second-order valence-electron chi connectivity index (χ2n) is 5.29. The molecule has 0 saturated carbocycles. The number of carbonyl (C=O) groups excluding carboxylic acids is 2. The lowest BCUT2D eigenvalue weighted by atomic mass is 9.90. The summed E-state index contributed by atoms with van der Waals surface area (Å²) in [5.74, 6) is 0.285. The first-order valence-corrected chi connectivity index (χ1v) is 7.22. The van der Waals surface area contributed by atoms with Gasteiger partial charge in [-0.2, -0.15) is 0 Å². The van der Waals surface area contributed by atoms with Gasteiger partial charge in [0.15, 0.2) is 11.6 Å². The third-order valence-corrected chi connectivity index (χ3v) is 3.80. The van der Waals surface area contributed by atoms with Gasteiger partial charge in [-0.1, -0.05) is 30.3 Å². The van der Waals surface area contributed by atoms with Gasteiger partial charge in [-0.3, -0.25) is 9.59 Å². The molecule has 1 N–H and O–H groups in total. The van der Waals surface area contributed by atoms with E-state index in [1.807, 2.05) is 48.5 Å². The molecule has 0 aliphatic heterocycles. The summed E-state index contributed by atoms with van der Waals surface area (Å²) in [6, 6.07) is 15.0. The molecule has 0 spiro atoms. The lowest BCUT2D eigenvalue weighted by Gasteiger charge is -2.16. The molecule has 1 aliphatic rings. The predicted octanol–water partition coefficient (Wildman–Crippen LogP) is 3.50. The van der Waals surface area contributed by atoms with E-state index in [2.05, 4.69) is 5.32 Å². The molecule has 3 heteroatoms. The van der Waals surface area contributed by atoms with Gasteiger partial charge in [0.25, 0.3) is 0 Å². The highest BCUT2D eigenvalue weighted by atomic mass is 16.1. The van der Waals surface area contributed by atoms with E-state index in [0.717, 1.165) is 29.7 Å². The summed E-state index contributed by atoms with van der Waals surface area (Å²) < 4.78 is 0. The molecule has 0 amide bonds. The van der Waals surface area contributed by atoms with Gasteiger partial charge in [0.1, 0.15) is 0 Å². The third kappa shape index (κ3) is 3.02. The Labute approximate surface area is 124 Å². The fourth-order valence-electron chi connectivity index (χ4n) is 2.67. The van der Waals surface area contributed by atoms with Crippen molar-refractivity contribution in [3.63, 3.8) is 0 Å². The zero-order valence-corrected chi connectivity index (χ0v) is 11.8. The van der Waals surface area contributed by atoms with Crippen molar-refractivity contribution >= 4 is 17.3 Å². The maximum atomic E-state index is 12.0. The highest BCUT2D eigenvalue weighted by molar-refractivity contribution is 6.00. The Morgan fingerprint density at radius 3 is 2.67 bits per heavy atom. The predicted molar refractivity (Wildman–Crippen MR) is 83.0 cm³/mol. The molecule has 2 aromatic carbocycles. The first-order valence-electron chi connectivity index (χ1n) is 7.22. The van der Waals surface area contributed by atoms with Crippen LogP contribution in [0, 0.1) is 0 Å². The van der Waals surface area contributed by atoms with E-state index < -0.39 is 0 Å². The lowest BCUT2D eigenvalue weighted by Crippen LogP contribution is -2.15. The van der Waals surface area contributed by atoms with Crippen molar-refractivity contribution in [2.24, 2.45) is 0 Å². The number of carbonyl (C=O) groups is 2. The SMILES string of the molecule is O=C(CNc1ccc2c(c1)CCCC2=O)c1ccccc1. The van der Waals surface area contributed by atoms with Crippen LogP contribution in [0.25, 0.3) is 0 Å². The van der Waals surface area contributed by atoms with E-state index in [1.54, 1.807) is 0 Å². The minimum atomic E-state index is 0.0596. The molecule has 0 heterocycles. The van der Waals surface area contributed by atoms with E-state index in [1.165, 1.54) is 0 Å². The van der Waals surface area contributed by atoms with Gasteiger partial charge in [0.2, 0.25) is 0 Å². The number of ketones is 2. The van der Waals surface area contributed by atoms with Crippen molar-refractivity contribution in [3.8, 4) is 0 Å². The van der Waals surface area contributed by atoms with Crippen molar-refractivity contribution in [1.29, 1.82) is 0 Å². The average molecular weight is 279 g/mol. The summed E-state index contributed by atoms with van der Waals surface area (Å²) in [5.41, 5.74) is 3.52. The smallest absolute Gasteiger partial charge is 0.181 e. The normalized spacial score (nSPS) is 13.6. The number of aryl methyl sites for hydroxylation is 1. The van der Waals surface area contributed by atoms with Gasteiger partial charge in [-0.25, -0.2) is 0 Å². The number of benzene rings is 2. The van der Waals surface area contributed by atoms with Crippen LogP contribution < -0.4 is 5.32 Å². The minimum absolute atomic E-state index is 0.0596. The minimum Gasteiger partial charge on any atom is -0.378 e. The van der Waals surface area contributed by atoms with Crippen LogP contribution >= 0.6 is 0 Å². The van der Waals surface area contributed by atoms with Crippen LogP contribution in [0.2, 0.25) is 0 Å².